The molecule has 23 heavy (non-hydrogen) atoms. The van der Waals surface area contributed by atoms with Crippen molar-refractivity contribution in [3.8, 4) is 0 Å². The van der Waals surface area contributed by atoms with Gasteiger partial charge in [-0.3, -0.25) is 9.78 Å². The van der Waals surface area contributed by atoms with E-state index in [1.54, 1.807) is 18.3 Å². The molecule has 122 valence electrons. The Balaban J connectivity index is 1.85. The first kappa shape index (κ1) is 17.6. The van der Waals surface area contributed by atoms with Gasteiger partial charge in [0.25, 0.3) is 0 Å². The molecule has 2 rings (SSSR count). The van der Waals surface area contributed by atoms with E-state index in [2.05, 4.69) is 30.1 Å². The summed E-state index contributed by atoms with van der Waals surface area (Å²) in [7, 11) is 0. The zero-order valence-corrected chi connectivity index (χ0v) is 14.6. The van der Waals surface area contributed by atoms with Gasteiger partial charge in [0.05, 0.1) is 17.0 Å². The number of hydrogen-bond acceptors (Lipinski definition) is 3. The summed E-state index contributed by atoms with van der Waals surface area (Å²) in [5.41, 5.74) is 2.75. The fourth-order valence-electron chi connectivity index (χ4n) is 2.40. The summed E-state index contributed by atoms with van der Waals surface area (Å²) >= 11 is 5.79. The first-order chi connectivity index (χ1) is 10.8. The summed E-state index contributed by atoms with van der Waals surface area (Å²) in [5, 5.41) is 0.566. The molecule has 1 heterocycles. The van der Waals surface area contributed by atoms with Crippen molar-refractivity contribution < 1.29 is 9.53 Å². The van der Waals surface area contributed by atoms with Gasteiger partial charge < -0.3 is 4.74 Å². The molecule has 4 heteroatoms. The molecule has 0 aliphatic rings. The number of rotatable bonds is 7. The van der Waals surface area contributed by atoms with Crippen molar-refractivity contribution in [1.82, 2.24) is 4.98 Å². The van der Waals surface area contributed by atoms with Crippen molar-refractivity contribution in [1.29, 1.82) is 0 Å². The molecule has 0 saturated heterocycles. The lowest BCUT2D eigenvalue weighted by molar-refractivity contribution is -0.128. The molecule has 1 aromatic carbocycles. The van der Waals surface area contributed by atoms with Crippen LogP contribution in [0.1, 0.15) is 30.7 Å². The molecule has 0 fully saturated rings. The van der Waals surface area contributed by atoms with Crippen molar-refractivity contribution in [2.24, 2.45) is 0 Å². The Morgan fingerprint density at radius 3 is 2.70 bits per heavy atom. The minimum absolute atomic E-state index is 0.0112. The summed E-state index contributed by atoms with van der Waals surface area (Å²) in [5.74, 6) is 0.0112. The molecule has 2 aromatic rings. The van der Waals surface area contributed by atoms with Gasteiger partial charge in [0.1, 0.15) is 6.61 Å². The summed E-state index contributed by atoms with van der Waals surface area (Å²) in [6, 6.07) is 11.8. The second kappa shape index (κ2) is 7.71. The number of hydrogen-bond donors (Lipinski definition) is 0. The molecule has 0 saturated carbocycles. The molecule has 0 amide bonds. The van der Waals surface area contributed by atoms with E-state index in [0.29, 0.717) is 10.7 Å². The Morgan fingerprint density at radius 2 is 2.04 bits per heavy atom. The highest BCUT2D eigenvalue weighted by atomic mass is 35.5. The number of benzene rings is 1. The monoisotopic (exact) mass is 331 g/mol. The van der Waals surface area contributed by atoms with Gasteiger partial charge in [0.2, 0.25) is 0 Å². The fourth-order valence-corrected chi connectivity index (χ4v) is 2.52. The minimum Gasteiger partial charge on any atom is -0.367 e. The predicted molar refractivity (Wildman–Crippen MR) is 92.9 cm³/mol. The van der Waals surface area contributed by atoms with Crippen LogP contribution in [-0.4, -0.2) is 23.0 Å². The van der Waals surface area contributed by atoms with Crippen molar-refractivity contribution in [3.05, 3.63) is 64.4 Å². The number of Topliss-reactive ketones (excluding diaryl/α,β-unsaturated/α-hetero) is 1. The standard InChI is InChI=1S/C19H22ClNO2/c1-14-5-4-6-15(9-14)11-19(2,3)23-13-18(22)10-17-8-7-16(20)12-21-17/h4-9,12H,10-11,13H2,1-3H3. The maximum Gasteiger partial charge on any atom is 0.164 e. The zero-order chi connectivity index (χ0) is 16.9. The molecule has 0 spiro atoms. The summed E-state index contributed by atoms with van der Waals surface area (Å²) in [4.78, 5) is 16.2. The van der Waals surface area contributed by atoms with E-state index >= 15 is 0 Å². The second-order valence-corrected chi connectivity index (χ2v) is 6.83. The Kier molecular flexibility index (Phi) is 5.91. The lowest BCUT2D eigenvalue weighted by Crippen LogP contribution is -2.30. The van der Waals surface area contributed by atoms with Gasteiger partial charge in [-0.1, -0.05) is 41.4 Å². The normalized spacial score (nSPS) is 11.5. The Bertz CT molecular complexity index is 665. The summed E-state index contributed by atoms with van der Waals surface area (Å²) in [6.07, 6.45) is 2.57. The van der Waals surface area contributed by atoms with E-state index in [0.717, 1.165) is 6.42 Å². The van der Waals surface area contributed by atoms with Gasteiger partial charge in [-0.15, -0.1) is 0 Å². The highest BCUT2D eigenvalue weighted by Crippen LogP contribution is 2.18. The largest absolute Gasteiger partial charge is 0.367 e. The number of nitrogens with zero attached hydrogens (tertiary/aromatic N) is 1. The average Bonchev–Trinajstić information content (AvgIpc) is 2.47. The van der Waals surface area contributed by atoms with E-state index in [4.69, 9.17) is 16.3 Å². The number of aryl methyl sites for hydroxylation is 1. The average molecular weight is 332 g/mol. The van der Waals surface area contributed by atoms with E-state index in [1.165, 1.54) is 11.1 Å². The van der Waals surface area contributed by atoms with Crippen molar-refractivity contribution in [2.45, 2.75) is 39.2 Å². The topological polar surface area (TPSA) is 39.2 Å². The first-order valence-electron chi connectivity index (χ1n) is 7.66. The van der Waals surface area contributed by atoms with Crippen LogP contribution >= 0.6 is 11.6 Å². The minimum atomic E-state index is -0.392. The zero-order valence-electron chi connectivity index (χ0n) is 13.8. The molecule has 0 N–H and O–H groups in total. The molecule has 3 nitrogen and oxygen atoms in total. The van der Waals surface area contributed by atoms with Crippen LogP contribution in [0.5, 0.6) is 0 Å². The molecule has 0 unspecified atom stereocenters. The molecule has 0 aliphatic carbocycles. The fraction of sp³-hybridized carbons (Fsp3) is 0.368. The van der Waals surface area contributed by atoms with Gasteiger partial charge >= 0.3 is 0 Å². The number of halogens is 1. The third kappa shape index (κ3) is 6.12. The van der Waals surface area contributed by atoms with Gasteiger partial charge in [0.15, 0.2) is 5.78 Å². The number of ether oxygens (including phenoxy) is 1. The van der Waals surface area contributed by atoms with E-state index < -0.39 is 5.60 Å². The third-order valence-corrected chi connectivity index (χ3v) is 3.73. The molecular formula is C19H22ClNO2. The maximum atomic E-state index is 12.1. The van der Waals surface area contributed by atoms with Crippen LogP contribution in [0.2, 0.25) is 5.02 Å². The van der Waals surface area contributed by atoms with Crippen LogP contribution in [0.15, 0.2) is 42.6 Å². The molecule has 1 aromatic heterocycles. The maximum absolute atomic E-state index is 12.1. The molecule has 0 aliphatic heterocycles. The smallest absolute Gasteiger partial charge is 0.164 e. The van der Waals surface area contributed by atoms with E-state index in [9.17, 15) is 4.79 Å². The number of ketones is 1. The predicted octanol–water partition coefficient (Wildman–Crippen LogP) is 4.19. The Labute approximate surface area is 142 Å². The van der Waals surface area contributed by atoms with Crippen molar-refractivity contribution >= 4 is 17.4 Å². The van der Waals surface area contributed by atoms with Crippen molar-refractivity contribution in [3.63, 3.8) is 0 Å². The van der Waals surface area contributed by atoms with Crippen LogP contribution in [0.4, 0.5) is 0 Å². The number of pyridine rings is 1. The Hall–Kier alpha value is -1.71. The van der Waals surface area contributed by atoms with Crippen LogP contribution in [-0.2, 0) is 22.4 Å². The highest BCUT2D eigenvalue weighted by Gasteiger charge is 2.21. The number of carbonyl (C=O) groups is 1. The lowest BCUT2D eigenvalue weighted by Gasteiger charge is -2.25. The second-order valence-electron chi connectivity index (χ2n) is 6.40. The van der Waals surface area contributed by atoms with E-state index in [-0.39, 0.29) is 18.8 Å². The number of aromatic nitrogens is 1. The SMILES string of the molecule is Cc1cccc(CC(C)(C)OCC(=O)Cc2ccc(Cl)cn2)c1. The van der Waals surface area contributed by atoms with Crippen LogP contribution in [0, 0.1) is 6.92 Å². The molecule has 0 bridgehead atoms. The van der Waals surface area contributed by atoms with Crippen LogP contribution in [0.3, 0.4) is 0 Å². The van der Waals surface area contributed by atoms with Gasteiger partial charge in [-0.05, 0) is 38.5 Å². The van der Waals surface area contributed by atoms with Gasteiger partial charge in [-0.2, -0.15) is 0 Å². The van der Waals surface area contributed by atoms with Crippen LogP contribution in [0.25, 0.3) is 0 Å². The summed E-state index contributed by atoms with van der Waals surface area (Å²) in [6.45, 7) is 6.16. The third-order valence-electron chi connectivity index (χ3n) is 3.50. The summed E-state index contributed by atoms with van der Waals surface area (Å²) < 4.78 is 5.83. The first-order valence-corrected chi connectivity index (χ1v) is 8.03. The highest BCUT2D eigenvalue weighted by molar-refractivity contribution is 6.30. The van der Waals surface area contributed by atoms with Gasteiger partial charge in [0, 0.05) is 18.3 Å². The number of carbonyl (C=O) groups excluding carboxylic acids is 1. The van der Waals surface area contributed by atoms with Crippen LogP contribution < -0.4 is 0 Å². The van der Waals surface area contributed by atoms with Gasteiger partial charge in [-0.25, -0.2) is 0 Å². The van der Waals surface area contributed by atoms with Crippen molar-refractivity contribution in [2.75, 3.05) is 6.61 Å². The molecule has 0 radical (unpaired) electrons. The molecule has 0 atom stereocenters. The quantitative estimate of drug-likeness (QED) is 0.763. The molecular weight excluding hydrogens is 310 g/mol. The lowest BCUT2D eigenvalue weighted by atomic mass is 9.97. The Morgan fingerprint density at radius 1 is 1.26 bits per heavy atom. The van der Waals surface area contributed by atoms with E-state index in [1.807, 2.05) is 19.9 Å².